The summed E-state index contributed by atoms with van der Waals surface area (Å²) in [5, 5.41) is 6.49. The van der Waals surface area contributed by atoms with Crippen molar-refractivity contribution in [3.63, 3.8) is 0 Å². The number of primary amides is 1. The lowest BCUT2D eigenvalue weighted by atomic mass is 9.67. The smallest absolute Gasteiger partial charge is 0.232 e. The number of carbonyl (C=O) groups is 2. The molecule has 2 amide bonds. The van der Waals surface area contributed by atoms with Crippen molar-refractivity contribution in [2.45, 2.75) is 44.9 Å². The first-order valence-electron chi connectivity index (χ1n) is 8.79. The molecule has 1 aromatic rings. The van der Waals surface area contributed by atoms with Crippen LogP contribution < -0.4 is 16.4 Å². The molecule has 0 radical (unpaired) electrons. The minimum atomic E-state index is -0.717. The van der Waals surface area contributed by atoms with Crippen LogP contribution in [-0.4, -0.2) is 24.9 Å². The highest BCUT2D eigenvalue weighted by Gasteiger charge is 2.49. The third-order valence-electron chi connectivity index (χ3n) is 5.97. The van der Waals surface area contributed by atoms with Gasteiger partial charge in [-0.05, 0) is 56.8 Å². The summed E-state index contributed by atoms with van der Waals surface area (Å²) in [4.78, 5) is 24.5. The Morgan fingerprint density at radius 2 is 1.96 bits per heavy atom. The Kier molecular flexibility index (Phi) is 4.38. The highest BCUT2D eigenvalue weighted by Crippen LogP contribution is 2.44. The normalized spacial score (nSPS) is 26.7. The summed E-state index contributed by atoms with van der Waals surface area (Å²) in [6, 6.07) is 7.44. The molecule has 130 valence electrons. The van der Waals surface area contributed by atoms with Gasteiger partial charge in [-0.3, -0.25) is 9.59 Å². The van der Waals surface area contributed by atoms with E-state index in [0.29, 0.717) is 5.92 Å². The number of benzene rings is 1. The Labute approximate surface area is 143 Å². The van der Waals surface area contributed by atoms with Crippen LogP contribution >= 0.6 is 0 Å². The van der Waals surface area contributed by atoms with Gasteiger partial charge in [-0.2, -0.15) is 0 Å². The molecule has 4 N–H and O–H groups in total. The molecule has 0 unspecified atom stereocenters. The van der Waals surface area contributed by atoms with Gasteiger partial charge in [0, 0.05) is 12.2 Å². The maximum Gasteiger partial charge on any atom is 0.232 e. The Balaban J connectivity index is 1.74. The number of fused-ring (bicyclic) bond motifs is 1. The molecular weight excluding hydrogens is 302 g/mol. The number of rotatable bonds is 4. The monoisotopic (exact) mass is 329 g/mol. The number of nitrogens with one attached hydrogen (secondary N) is 2. The largest absolute Gasteiger partial charge is 0.369 e. The van der Waals surface area contributed by atoms with Crippen molar-refractivity contribution in [3.05, 3.63) is 29.8 Å². The molecule has 1 heterocycles. The van der Waals surface area contributed by atoms with E-state index in [9.17, 15) is 9.59 Å². The summed E-state index contributed by atoms with van der Waals surface area (Å²) < 4.78 is 0. The van der Waals surface area contributed by atoms with Crippen LogP contribution in [0, 0.1) is 11.3 Å². The van der Waals surface area contributed by atoms with Crippen molar-refractivity contribution in [2.24, 2.45) is 17.1 Å². The van der Waals surface area contributed by atoms with E-state index in [1.54, 1.807) is 13.8 Å². The van der Waals surface area contributed by atoms with E-state index in [4.69, 9.17) is 5.73 Å². The number of amides is 2. The number of hydrogen-bond acceptors (Lipinski definition) is 3. The molecule has 5 heteroatoms. The zero-order chi connectivity index (χ0) is 17.4. The molecule has 5 nitrogen and oxygen atoms in total. The molecule has 1 saturated carbocycles. The Morgan fingerprint density at radius 1 is 1.25 bits per heavy atom. The van der Waals surface area contributed by atoms with Crippen LogP contribution in [0.3, 0.4) is 0 Å². The van der Waals surface area contributed by atoms with Gasteiger partial charge >= 0.3 is 0 Å². The average Bonchev–Trinajstić information content (AvgIpc) is 3.00. The van der Waals surface area contributed by atoms with Crippen molar-refractivity contribution in [1.29, 1.82) is 0 Å². The zero-order valence-corrected chi connectivity index (χ0v) is 14.5. The van der Waals surface area contributed by atoms with Gasteiger partial charge in [-0.1, -0.05) is 25.0 Å². The molecule has 1 saturated heterocycles. The van der Waals surface area contributed by atoms with Gasteiger partial charge in [0.25, 0.3) is 0 Å². The summed E-state index contributed by atoms with van der Waals surface area (Å²) >= 11 is 0. The van der Waals surface area contributed by atoms with Crippen LogP contribution in [0.1, 0.15) is 45.1 Å². The molecule has 3 rings (SSSR count). The highest BCUT2D eigenvalue weighted by atomic mass is 16.2. The molecule has 24 heavy (non-hydrogen) atoms. The average molecular weight is 329 g/mol. The second kappa shape index (κ2) is 6.20. The van der Waals surface area contributed by atoms with Gasteiger partial charge in [0.2, 0.25) is 11.8 Å². The quantitative estimate of drug-likeness (QED) is 0.791. The topological polar surface area (TPSA) is 84.2 Å². The third kappa shape index (κ3) is 2.81. The van der Waals surface area contributed by atoms with Gasteiger partial charge in [0.15, 0.2) is 0 Å². The maximum atomic E-state index is 12.9. The number of carbonyl (C=O) groups excluding carboxylic acids is 2. The predicted molar refractivity (Wildman–Crippen MR) is 94.6 cm³/mol. The molecule has 0 aromatic heterocycles. The van der Waals surface area contributed by atoms with Crippen LogP contribution in [-0.2, 0) is 15.0 Å². The van der Waals surface area contributed by atoms with Crippen molar-refractivity contribution >= 4 is 17.5 Å². The first kappa shape index (κ1) is 17.0. The van der Waals surface area contributed by atoms with Crippen molar-refractivity contribution < 1.29 is 9.59 Å². The molecule has 1 aliphatic heterocycles. The fourth-order valence-electron chi connectivity index (χ4n) is 4.06. The first-order valence-corrected chi connectivity index (χ1v) is 8.79. The lowest BCUT2D eigenvalue weighted by Gasteiger charge is -2.37. The summed E-state index contributed by atoms with van der Waals surface area (Å²) in [5.41, 5.74) is 6.11. The van der Waals surface area contributed by atoms with Crippen molar-refractivity contribution in [2.75, 3.05) is 18.4 Å². The predicted octanol–water partition coefficient (Wildman–Crippen LogP) is 2.17. The van der Waals surface area contributed by atoms with Gasteiger partial charge in [0.05, 0.1) is 10.8 Å². The lowest BCUT2D eigenvalue weighted by Crippen LogP contribution is -2.44. The molecular formula is C19H27N3O2. The Hall–Kier alpha value is -1.88. The van der Waals surface area contributed by atoms with Gasteiger partial charge in [-0.15, -0.1) is 0 Å². The van der Waals surface area contributed by atoms with Crippen molar-refractivity contribution in [1.82, 2.24) is 5.32 Å². The van der Waals surface area contributed by atoms with E-state index in [1.165, 1.54) is 6.42 Å². The molecule has 1 aromatic carbocycles. The molecule has 0 spiro atoms. The minimum Gasteiger partial charge on any atom is -0.369 e. The minimum absolute atomic E-state index is 0.124. The summed E-state index contributed by atoms with van der Waals surface area (Å²) in [6.45, 7) is 5.33. The van der Waals surface area contributed by atoms with Crippen molar-refractivity contribution in [3.8, 4) is 0 Å². The van der Waals surface area contributed by atoms with E-state index in [0.717, 1.165) is 43.6 Å². The van der Waals surface area contributed by atoms with Crippen LogP contribution in [0.15, 0.2) is 24.3 Å². The van der Waals surface area contributed by atoms with E-state index >= 15 is 0 Å². The van der Waals surface area contributed by atoms with Crippen LogP contribution in [0.5, 0.6) is 0 Å². The fourth-order valence-corrected chi connectivity index (χ4v) is 4.06. The second-order valence-corrected chi connectivity index (χ2v) is 7.75. The summed E-state index contributed by atoms with van der Waals surface area (Å²) in [6.07, 6.45) is 4.44. The Morgan fingerprint density at radius 3 is 2.62 bits per heavy atom. The molecule has 0 bridgehead atoms. The van der Waals surface area contributed by atoms with Crippen LogP contribution in [0.2, 0.25) is 0 Å². The molecule has 2 atom stereocenters. The molecule has 2 fully saturated rings. The van der Waals surface area contributed by atoms with Crippen LogP contribution in [0.25, 0.3) is 0 Å². The Bertz CT molecular complexity index is 639. The number of anilines is 1. The number of hydrogen-bond donors (Lipinski definition) is 3. The molecule has 1 aliphatic carbocycles. The standard InChI is InChI=1S/C19H27N3O2/c1-18(2,16(20)23)13-6-8-15(9-7-13)22-17(24)19-10-4-3-5-14(19)11-21-12-19/h6-9,14,21H,3-5,10-12H2,1-2H3,(H2,20,23)(H,22,24)/t14-,19+/m0/s1. The first-order chi connectivity index (χ1) is 11.4. The van der Waals surface area contributed by atoms with Gasteiger partial charge < -0.3 is 16.4 Å². The lowest BCUT2D eigenvalue weighted by molar-refractivity contribution is -0.128. The van der Waals surface area contributed by atoms with Gasteiger partial charge in [-0.25, -0.2) is 0 Å². The van der Waals surface area contributed by atoms with E-state index in [1.807, 2.05) is 24.3 Å². The number of nitrogens with two attached hydrogens (primary N) is 1. The van der Waals surface area contributed by atoms with Crippen LogP contribution in [0.4, 0.5) is 5.69 Å². The third-order valence-corrected chi connectivity index (χ3v) is 5.97. The molecule has 2 aliphatic rings. The maximum absolute atomic E-state index is 12.9. The second-order valence-electron chi connectivity index (χ2n) is 7.75. The highest BCUT2D eigenvalue weighted by molar-refractivity contribution is 5.96. The SMILES string of the molecule is CC(C)(C(N)=O)c1ccc(NC(=O)[C@@]23CCCC[C@H]2CNC3)cc1. The fraction of sp³-hybridized carbons (Fsp3) is 0.579. The van der Waals surface area contributed by atoms with E-state index < -0.39 is 5.41 Å². The van der Waals surface area contributed by atoms with E-state index in [-0.39, 0.29) is 17.2 Å². The zero-order valence-electron chi connectivity index (χ0n) is 14.5. The van der Waals surface area contributed by atoms with E-state index in [2.05, 4.69) is 10.6 Å². The summed E-state index contributed by atoms with van der Waals surface area (Å²) in [7, 11) is 0. The van der Waals surface area contributed by atoms with Gasteiger partial charge in [0.1, 0.15) is 0 Å². The summed E-state index contributed by atoms with van der Waals surface area (Å²) in [5.74, 6) is 0.207.